The molecule has 5 heteroatoms. The van der Waals surface area contributed by atoms with Crippen LogP contribution in [0.2, 0.25) is 0 Å². The monoisotopic (exact) mass is 255 g/mol. The van der Waals surface area contributed by atoms with E-state index in [1.54, 1.807) is 17.5 Å². The maximum absolute atomic E-state index is 7.32. The van der Waals surface area contributed by atoms with Crippen molar-refractivity contribution in [2.45, 2.75) is 43.1 Å². The smallest absolute Gasteiger partial charge is 0.134 e. The number of thioether (sulfide) groups is 1. The Bertz CT molecular complexity index is 356. The second-order valence-corrected chi connectivity index (χ2v) is 6.51. The van der Waals surface area contributed by atoms with Gasteiger partial charge in [-0.1, -0.05) is 19.3 Å². The third kappa shape index (κ3) is 3.22. The van der Waals surface area contributed by atoms with Gasteiger partial charge in [-0.15, -0.1) is 11.3 Å². The predicted octanol–water partition coefficient (Wildman–Crippen LogP) is 2.99. The molecule has 0 saturated heterocycles. The molecular formula is C11H17N3S2. The molecule has 0 spiro atoms. The van der Waals surface area contributed by atoms with E-state index < -0.39 is 0 Å². The van der Waals surface area contributed by atoms with Crippen LogP contribution in [0.1, 0.15) is 42.0 Å². The summed E-state index contributed by atoms with van der Waals surface area (Å²) in [4.78, 5) is 5.09. The number of nitrogens with one attached hydrogen (secondary N) is 1. The van der Waals surface area contributed by atoms with Gasteiger partial charge in [-0.25, -0.2) is 4.98 Å². The maximum atomic E-state index is 7.32. The van der Waals surface area contributed by atoms with Gasteiger partial charge >= 0.3 is 0 Å². The molecule has 2 rings (SSSR count). The van der Waals surface area contributed by atoms with E-state index >= 15 is 0 Å². The number of nitrogens with zero attached hydrogens (tertiary/aromatic N) is 1. The molecule has 1 aromatic heterocycles. The Morgan fingerprint density at radius 3 is 2.88 bits per heavy atom. The molecule has 1 saturated carbocycles. The van der Waals surface area contributed by atoms with Crippen molar-refractivity contribution in [2.24, 2.45) is 5.73 Å². The first-order chi connectivity index (χ1) is 7.75. The Balaban J connectivity index is 1.81. The fourth-order valence-corrected chi connectivity index (χ4v) is 4.06. The molecule has 3 N–H and O–H groups in total. The first kappa shape index (κ1) is 11.9. The fraction of sp³-hybridized carbons (Fsp3) is 0.636. The van der Waals surface area contributed by atoms with Crippen LogP contribution in [0.25, 0.3) is 0 Å². The second-order valence-electron chi connectivity index (χ2n) is 4.10. The van der Waals surface area contributed by atoms with E-state index in [0.717, 1.165) is 20.9 Å². The largest absolute Gasteiger partial charge is 0.383 e. The minimum Gasteiger partial charge on any atom is -0.383 e. The Labute approximate surface area is 104 Å². The van der Waals surface area contributed by atoms with Crippen molar-refractivity contribution in [1.29, 1.82) is 5.41 Å². The summed E-state index contributed by atoms with van der Waals surface area (Å²) in [5, 5.41) is 9.23. The number of rotatable bonds is 4. The summed E-state index contributed by atoms with van der Waals surface area (Å²) in [6, 6.07) is 0. The Hall–Kier alpha value is -0.550. The van der Waals surface area contributed by atoms with Crippen LogP contribution >= 0.6 is 23.1 Å². The van der Waals surface area contributed by atoms with Gasteiger partial charge in [0.25, 0.3) is 0 Å². The van der Waals surface area contributed by atoms with E-state index in [9.17, 15) is 0 Å². The van der Waals surface area contributed by atoms with Crippen molar-refractivity contribution in [3.63, 3.8) is 0 Å². The molecular weight excluding hydrogens is 238 g/mol. The SMILES string of the molecule is N=C(N)c1cnc(CSC2CCCCC2)s1. The van der Waals surface area contributed by atoms with E-state index in [1.165, 1.54) is 32.1 Å². The molecule has 0 unspecified atom stereocenters. The highest BCUT2D eigenvalue weighted by molar-refractivity contribution is 7.99. The van der Waals surface area contributed by atoms with Crippen LogP contribution in [0.4, 0.5) is 0 Å². The Morgan fingerprint density at radius 1 is 1.50 bits per heavy atom. The van der Waals surface area contributed by atoms with Crippen LogP contribution in [0, 0.1) is 5.41 Å². The average Bonchev–Trinajstić information content (AvgIpc) is 2.76. The molecule has 0 atom stereocenters. The van der Waals surface area contributed by atoms with Crippen molar-refractivity contribution in [3.8, 4) is 0 Å². The molecule has 0 radical (unpaired) electrons. The van der Waals surface area contributed by atoms with Gasteiger partial charge in [0, 0.05) is 17.2 Å². The highest BCUT2D eigenvalue weighted by atomic mass is 32.2. The highest BCUT2D eigenvalue weighted by Gasteiger charge is 2.14. The third-order valence-electron chi connectivity index (χ3n) is 2.81. The van der Waals surface area contributed by atoms with Gasteiger partial charge < -0.3 is 5.73 Å². The summed E-state index contributed by atoms with van der Waals surface area (Å²) in [7, 11) is 0. The van der Waals surface area contributed by atoms with Gasteiger partial charge in [0.15, 0.2) is 0 Å². The standard InChI is InChI=1S/C11H17N3S2/c12-11(13)9-6-14-10(16-9)7-15-8-4-2-1-3-5-8/h6,8H,1-5,7H2,(H3,12,13). The Morgan fingerprint density at radius 2 is 2.25 bits per heavy atom. The third-order valence-corrected chi connectivity index (χ3v) is 5.41. The zero-order valence-corrected chi connectivity index (χ0v) is 10.9. The molecule has 0 aromatic carbocycles. The number of thiazole rings is 1. The fourth-order valence-electron chi connectivity index (χ4n) is 1.92. The van der Waals surface area contributed by atoms with E-state index in [0.29, 0.717) is 0 Å². The van der Waals surface area contributed by atoms with Gasteiger partial charge in [-0.2, -0.15) is 11.8 Å². The molecule has 1 aromatic rings. The number of hydrogen-bond acceptors (Lipinski definition) is 4. The normalized spacial score (nSPS) is 17.5. The lowest BCUT2D eigenvalue weighted by Crippen LogP contribution is -2.08. The summed E-state index contributed by atoms with van der Waals surface area (Å²) in [6.45, 7) is 0. The van der Waals surface area contributed by atoms with Gasteiger partial charge in [-0.3, -0.25) is 5.41 Å². The van der Waals surface area contributed by atoms with Crippen molar-refractivity contribution in [1.82, 2.24) is 4.98 Å². The van der Waals surface area contributed by atoms with Gasteiger partial charge in [0.1, 0.15) is 10.8 Å². The molecule has 0 bridgehead atoms. The topological polar surface area (TPSA) is 62.8 Å². The van der Waals surface area contributed by atoms with Crippen LogP contribution in [0.5, 0.6) is 0 Å². The zero-order valence-electron chi connectivity index (χ0n) is 9.24. The molecule has 1 fully saturated rings. The number of aromatic nitrogens is 1. The highest BCUT2D eigenvalue weighted by Crippen LogP contribution is 2.31. The van der Waals surface area contributed by atoms with E-state index in [2.05, 4.69) is 4.98 Å². The minimum atomic E-state index is 0.131. The van der Waals surface area contributed by atoms with Crippen LogP contribution in [0.15, 0.2) is 6.20 Å². The summed E-state index contributed by atoms with van der Waals surface area (Å²) in [6.07, 6.45) is 8.60. The van der Waals surface area contributed by atoms with Gasteiger partial charge in [-0.05, 0) is 12.8 Å². The first-order valence-corrected chi connectivity index (χ1v) is 7.53. The first-order valence-electron chi connectivity index (χ1n) is 5.66. The molecule has 1 aliphatic rings. The van der Waals surface area contributed by atoms with E-state index in [1.807, 2.05) is 11.8 Å². The van der Waals surface area contributed by atoms with Crippen molar-refractivity contribution >= 4 is 28.9 Å². The molecule has 0 amide bonds. The van der Waals surface area contributed by atoms with Crippen LogP contribution in [-0.4, -0.2) is 16.1 Å². The quantitative estimate of drug-likeness (QED) is 0.642. The number of amidine groups is 1. The van der Waals surface area contributed by atoms with Crippen molar-refractivity contribution in [3.05, 3.63) is 16.1 Å². The average molecular weight is 255 g/mol. The second kappa shape index (κ2) is 5.68. The van der Waals surface area contributed by atoms with Crippen molar-refractivity contribution < 1.29 is 0 Å². The zero-order chi connectivity index (χ0) is 11.4. The maximum Gasteiger partial charge on any atom is 0.134 e. The molecule has 3 nitrogen and oxygen atoms in total. The van der Waals surface area contributed by atoms with E-state index in [-0.39, 0.29) is 5.84 Å². The summed E-state index contributed by atoms with van der Waals surface area (Å²) >= 11 is 3.56. The summed E-state index contributed by atoms with van der Waals surface area (Å²) < 4.78 is 0. The van der Waals surface area contributed by atoms with E-state index in [4.69, 9.17) is 11.1 Å². The lowest BCUT2D eigenvalue weighted by molar-refractivity contribution is 0.516. The van der Waals surface area contributed by atoms with Crippen molar-refractivity contribution in [2.75, 3.05) is 0 Å². The van der Waals surface area contributed by atoms with Crippen LogP contribution in [0.3, 0.4) is 0 Å². The predicted molar refractivity (Wildman–Crippen MR) is 71.3 cm³/mol. The Kier molecular flexibility index (Phi) is 4.23. The molecule has 1 aliphatic carbocycles. The van der Waals surface area contributed by atoms with Crippen LogP contribution < -0.4 is 5.73 Å². The minimum absolute atomic E-state index is 0.131. The molecule has 88 valence electrons. The summed E-state index contributed by atoms with van der Waals surface area (Å²) in [5.41, 5.74) is 5.41. The lowest BCUT2D eigenvalue weighted by atomic mass is 10.0. The van der Waals surface area contributed by atoms with Gasteiger partial charge in [0.2, 0.25) is 0 Å². The molecule has 0 aliphatic heterocycles. The number of nitrogen functional groups attached to an aromatic ring is 1. The molecule has 16 heavy (non-hydrogen) atoms. The lowest BCUT2D eigenvalue weighted by Gasteiger charge is -2.20. The number of hydrogen-bond donors (Lipinski definition) is 2. The summed E-state index contributed by atoms with van der Waals surface area (Å²) in [5.74, 6) is 1.11. The van der Waals surface area contributed by atoms with Crippen LogP contribution in [-0.2, 0) is 5.75 Å². The van der Waals surface area contributed by atoms with Gasteiger partial charge in [0.05, 0.1) is 4.88 Å². The molecule has 1 heterocycles. The number of nitrogens with two attached hydrogens (primary N) is 1.